The summed E-state index contributed by atoms with van der Waals surface area (Å²) < 4.78 is 0. The molecule has 0 saturated heterocycles. The van der Waals surface area contributed by atoms with E-state index in [1.165, 1.54) is 11.3 Å². The van der Waals surface area contributed by atoms with Crippen LogP contribution in [0.25, 0.3) is 21.5 Å². The van der Waals surface area contributed by atoms with Gasteiger partial charge in [0, 0.05) is 26.9 Å². The van der Waals surface area contributed by atoms with Crippen LogP contribution in [0.15, 0.2) is 41.1 Å². The molecule has 0 fully saturated rings. The summed E-state index contributed by atoms with van der Waals surface area (Å²) in [5.74, 6) is -0.259. The molecular formula is C15H9ClN4OS2. The van der Waals surface area contributed by atoms with E-state index in [0.29, 0.717) is 15.8 Å². The summed E-state index contributed by atoms with van der Waals surface area (Å²) in [6, 6.07) is 9.19. The van der Waals surface area contributed by atoms with E-state index in [-0.39, 0.29) is 5.91 Å². The van der Waals surface area contributed by atoms with Crippen LogP contribution in [0.1, 0.15) is 10.5 Å². The number of rotatable bonds is 3. The molecule has 0 aliphatic rings. The molecule has 0 radical (unpaired) electrons. The Kier molecular flexibility index (Phi) is 3.60. The minimum Gasteiger partial charge on any atom is -0.350 e. The van der Waals surface area contributed by atoms with Crippen LogP contribution >= 0.6 is 34.3 Å². The fourth-order valence-corrected chi connectivity index (χ4v) is 3.78. The van der Waals surface area contributed by atoms with Crippen LogP contribution in [0.4, 0.5) is 5.13 Å². The van der Waals surface area contributed by atoms with E-state index >= 15 is 0 Å². The second-order valence-electron chi connectivity index (χ2n) is 4.79. The zero-order chi connectivity index (χ0) is 15.8. The van der Waals surface area contributed by atoms with Crippen molar-refractivity contribution in [2.75, 3.05) is 5.32 Å². The number of hydrogen-bond acceptors (Lipinski definition) is 5. The van der Waals surface area contributed by atoms with Gasteiger partial charge in [-0.15, -0.1) is 10.2 Å². The van der Waals surface area contributed by atoms with Crippen molar-refractivity contribution in [1.29, 1.82) is 0 Å². The van der Waals surface area contributed by atoms with Gasteiger partial charge in [0.05, 0.1) is 0 Å². The van der Waals surface area contributed by atoms with E-state index in [0.717, 1.165) is 21.5 Å². The summed E-state index contributed by atoms with van der Waals surface area (Å²) >= 11 is 8.89. The highest BCUT2D eigenvalue weighted by Gasteiger charge is 2.13. The molecule has 0 saturated carbocycles. The van der Waals surface area contributed by atoms with Gasteiger partial charge in [-0.3, -0.25) is 10.1 Å². The van der Waals surface area contributed by atoms with Gasteiger partial charge in [-0.1, -0.05) is 29.0 Å². The maximum absolute atomic E-state index is 12.3. The van der Waals surface area contributed by atoms with Crippen molar-refractivity contribution in [3.63, 3.8) is 0 Å². The van der Waals surface area contributed by atoms with Crippen LogP contribution in [0, 0.1) is 0 Å². The predicted octanol–water partition coefficient (Wildman–Crippen LogP) is 4.65. The van der Waals surface area contributed by atoms with Gasteiger partial charge in [0.1, 0.15) is 10.7 Å². The zero-order valence-electron chi connectivity index (χ0n) is 11.5. The Balaban J connectivity index is 1.57. The van der Waals surface area contributed by atoms with E-state index in [2.05, 4.69) is 20.5 Å². The second kappa shape index (κ2) is 5.77. The standard InChI is InChI=1S/C15H9ClN4OS2/c16-10-2-1-8-5-12(17-11(8)6-10)13(21)18-15-20-19-14(23-15)9-3-4-22-7-9/h1-7,17H,(H,18,20,21). The molecule has 0 unspecified atom stereocenters. The summed E-state index contributed by atoms with van der Waals surface area (Å²) in [6.45, 7) is 0. The molecule has 1 amide bonds. The Morgan fingerprint density at radius 2 is 2.13 bits per heavy atom. The number of anilines is 1. The minimum atomic E-state index is -0.259. The molecule has 2 N–H and O–H groups in total. The number of aromatic nitrogens is 3. The van der Waals surface area contributed by atoms with Gasteiger partial charge in [-0.2, -0.15) is 11.3 Å². The van der Waals surface area contributed by atoms with Gasteiger partial charge in [-0.05, 0) is 29.6 Å². The van der Waals surface area contributed by atoms with Crippen LogP contribution in [-0.4, -0.2) is 21.1 Å². The number of benzene rings is 1. The molecule has 1 aromatic carbocycles. The molecule has 114 valence electrons. The molecule has 0 aliphatic heterocycles. The highest BCUT2D eigenvalue weighted by molar-refractivity contribution is 7.19. The van der Waals surface area contributed by atoms with Gasteiger partial charge >= 0.3 is 0 Å². The van der Waals surface area contributed by atoms with Gasteiger partial charge < -0.3 is 4.98 Å². The lowest BCUT2D eigenvalue weighted by Gasteiger charge is -1.97. The number of H-pyrrole nitrogens is 1. The largest absolute Gasteiger partial charge is 0.350 e. The van der Waals surface area contributed by atoms with Crippen molar-refractivity contribution in [2.45, 2.75) is 0 Å². The number of halogens is 1. The Morgan fingerprint density at radius 3 is 2.96 bits per heavy atom. The molecule has 4 aromatic rings. The summed E-state index contributed by atoms with van der Waals surface area (Å²) in [5, 5.41) is 17.6. The molecule has 8 heteroatoms. The first-order chi connectivity index (χ1) is 11.2. The normalized spacial score (nSPS) is 11.0. The number of hydrogen-bond donors (Lipinski definition) is 2. The smallest absolute Gasteiger partial charge is 0.273 e. The molecule has 23 heavy (non-hydrogen) atoms. The molecule has 0 spiro atoms. The third kappa shape index (κ3) is 2.86. The number of thiophene rings is 1. The fraction of sp³-hybridized carbons (Fsp3) is 0. The van der Waals surface area contributed by atoms with Crippen molar-refractivity contribution in [3.05, 3.63) is 51.8 Å². The van der Waals surface area contributed by atoms with E-state index in [1.54, 1.807) is 29.5 Å². The number of aromatic amines is 1. The van der Waals surface area contributed by atoms with Crippen molar-refractivity contribution in [1.82, 2.24) is 15.2 Å². The third-order valence-electron chi connectivity index (χ3n) is 3.24. The van der Waals surface area contributed by atoms with Gasteiger partial charge in [0.25, 0.3) is 5.91 Å². The van der Waals surface area contributed by atoms with E-state index in [1.807, 2.05) is 22.9 Å². The van der Waals surface area contributed by atoms with Crippen LogP contribution < -0.4 is 5.32 Å². The zero-order valence-corrected chi connectivity index (χ0v) is 13.9. The molecule has 0 atom stereocenters. The average molecular weight is 361 g/mol. The number of fused-ring (bicyclic) bond motifs is 1. The Labute approximate surface area is 144 Å². The van der Waals surface area contributed by atoms with Crippen molar-refractivity contribution in [2.24, 2.45) is 0 Å². The SMILES string of the molecule is O=C(Nc1nnc(-c2ccsc2)s1)c1cc2ccc(Cl)cc2[nH]1. The number of amides is 1. The summed E-state index contributed by atoms with van der Waals surface area (Å²) in [4.78, 5) is 15.4. The Bertz CT molecular complexity index is 990. The van der Waals surface area contributed by atoms with Crippen molar-refractivity contribution in [3.8, 4) is 10.6 Å². The van der Waals surface area contributed by atoms with Crippen molar-refractivity contribution >= 4 is 56.2 Å². The third-order valence-corrected chi connectivity index (χ3v) is 5.05. The molecule has 0 bridgehead atoms. The summed E-state index contributed by atoms with van der Waals surface area (Å²) in [7, 11) is 0. The lowest BCUT2D eigenvalue weighted by molar-refractivity contribution is 0.102. The quantitative estimate of drug-likeness (QED) is 0.558. The lowest BCUT2D eigenvalue weighted by Crippen LogP contribution is -2.11. The van der Waals surface area contributed by atoms with E-state index in [4.69, 9.17) is 11.6 Å². The summed E-state index contributed by atoms with van der Waals surface area (Å²) in [6.07, 6.45) is 0. The van der Waals surface area contributed by atoms with Crippen LogP contribution in [0.5, 0.6) is 0 Å². The van der Waals surface area contributed by atoms with Crippen LogP contribution in [0.2, 0.25) is 5.02 Å². The maximum Gasteiger partial charge on any atom is 0.273 e. The first kappa shape index (κ1) is 14.4. The molecule has 4 rings (SSSR count). The second-order valence-corrected chi connectivity index (χ2v) is 6.99. The van der Waals surface area contributed by atoms with Gasteiger partial charge in [0.2, 0.25) is 5.13 Å². The first-order valence-electron chi connectivity index (χ1n) is 6.65. The van der Waals surface area contributed by atoms with Crippen molar-refractivity contribution < 1.29 is 4.79 Å². The number of carbonyl (C=O) groups excluding carboxylic acids is 1. The molecule has 5 nitrogen and oxygen atoms in total. The number of nitrogens with zero attached hydrogens (tertiary/aromatic N) is 2. The first-order valence-corrected chi connectivity index (χ1v) is 8.78. The lowest BCUT2D eigenvalue weighted by atomic mass is 10.2. The number of carbonyl (C=O) groups is 1. The molecular weight excluding hydrogens is 352 g/mol. The Morgan fingerprint density at radius 1 is 1.22 bits per heavy atom. The van der Waals surface area contributed by atoms with Crippen LogP contribution in [0.3, 0.4) is 0 Å². The molecule has 0 aliphatic carbocycles. The fourth-order valence-electron chi connectivity index (χ4n) is 2.16. The van der Waals surface area contributed by atoms with Gasteiger partial charge in [-0.25, -0.2) is 0 Å². The molecule has 3 heterocycles. The average Bonchev–Trinajstić information content (AvgIpc) is 3.26. The van der Waals surface area contributed by atoms with E-state index in [9.17, 15) is 4.79 Å². The predicted molar refractivity (Wildman–Crippen MR) is 94.5 cm³/mol. The molecule has 3 aromatic heterocycles. The minimum absolute atomic E-state index is 0.259. The number of nitrogens with one attached hydrogen (secondary N) is 2. The van der Waals surface area contributed by atoms with E-state index < -0.39 is 0 Å². The maximum atomic E-state index is 12.3. The highest BCUT2D eigenvalue weighted by atomic mass is 35.5. The highest BCUT2D eigenvalue weighted by Crippen LogP contribution is 2.28. The summed E-state index contributed by atoms with van der Waals surface area (Å²) in [5.41, 5.74) is 2.28. The monoisotopic (exact) mass is 360 g/mol. The Hall–Kier alpha value is -2.22. The topological polar surface area (TPSA) is 70.7 Å². The van der Waals surface area contributed by atoms with Crippen LogP contribution in [-0.2, 0) is 0 Å². The van der Waals surface area contributed by atoms with Gasteiger partial charge in [0.15, 0.2) is 0 Å².